The predicted molar refractivity (Wildman–Crippen MR) is 81.2 cm³/mol. The zero-order valence-electron chi connectivity index (χ0n) is 12.4. The van der Waals surface area contributed by atoms with E-state index in [1.807, 2.05) is 50.4 Å². The van der Waals surface area contributed by atoms with Crippen molar-refractivity contribution >= 4 is 5.97 Å². The van der Waals surface area contributed by atoms with E-state index < -0.39 is 11.4 Å². The quantitative estimate of drug-likeness (QED) is 0.852. The third-order valence-electron chi connectivity index (χ3n) is 4.07. The lowest BCUT2D eigenvalue weighted by Crippen LogP contribution is -2.44. The summed E-state index contributed by atoms with van der Waals surface area (Å²) in [6.07, 6.45) is 3.96. The number of aliphatic carboxylic acids is 1. The van der Waals surface area contributed by atoms with E-state index in [1.165, 1.54) is 0 Å². The molecule has 0 bridgehead atoms. The van der Waals surface area contributed by atoms with Crippen LogP contribution in [0, 0.1) is 11.3 Å². The van der Waals surface area contributed by atoms with Gasteiger partial charge in [-0.2, -0.15) is 5.10 Å². The lowest BCUT2D eigenvalue weighted by Gasteiger charge is -2.31. The van der Waals surface area contributed by atoms with E-state index in [9.17, 15) is 9.90 Å². The Kier molecular flexibility index (Phi) is 4.43. The standard InChI is InChI=1S/C16H21N3O2/c1-12(2)16(11-17,15(20)21)8-13-9-18-19(10-13)14-6-4-3-5-7-14/h3-7,9-10,12H,8,11,17H2,1-2H3,(H,20,21). The second-order valence-corrected chi connectivity index (χ2v) is 5.63. The zero-order valence-corrected chi connectivity index (χ0v) is 12.4. The zero-order chi connectivity index (χ0) is 15.5. The van der Waals surface area contributed by atoms with Crippen LogP contribution in [-0.4, -0.2) is 27.4 Å². The third-order valence-corrected chi connectivity index (χ3v) is 4.07. The maximum atomic E-state index is 11.7. The summed E-state index contributed by atoms with van der Waals surface area (Å²) in [6, 6.07) is 9.72. The summed E-state index contributed by atoms with van der Waals surface area (Å²) in [5, 5.41) is 13.9. The van der Waals surface area contributed by atoms with E-state index in [0.717, 1.165) is 11.3 Å². The van der Waals surface area contributed by atoms with E-state index in [0.29, 0.717) is 6.42 Å². The van der Waals surface area contributed by atoms with Gasteiger partial charge < -0.3 is 10.8 Å². The lowest BCUT2D eigenvalue weighted by molar-refractivity contribution is -0.151. The van der Waals surface area contributed by atoms with Gasteiger partial charge in [0, 0.05) is 12.7 Å². The molecule has 112 valence electrons. The molecule has 0 fully saturated rings. The van der Waals surface area contributed by atoms with Crippen LogP contribution >= 0.6 is 0 Å². The first-order valence-corrected chi connectivity index (χ1v) is 7.02. The van der Waals surface area contributed by atoms with Gasteiger partial charge in [0.1, 0.15) is 0 Å². The molecular weight excluding hydrogens is 266 g/mol. The average molecular weight is 287 g/mol. The molecule has 1 aromatic heterocycles. The lowest BCUT2D eigenvalue weighted by atomic mass is 9.73. The molecule has 3 N–H and O–H groups in total. The molecule has 2 rings (SSSR count). The van der Waals surface area contributed by atoms with Crippen molar-refractivity contribution in [2.45, 2.75) is 20.3 Å². The fourth-order valence-electron chi connectivity index (χ4n) is 2.46. The number of benzene rings is 1. The molecule has 0 spiro atoms. The van der Waals surface area contributed by atoms with Crippen molar-refractivity contribution in [2.75, 3.05) is 6.54 Å². The summed E-state index contributed by atoms with van der Waals surface area (Å²) in [5.41, 5.74) is 6.64. The Labute approximate surface area is 124 Å². The SMILES string of the molecule is CC(C)C(CN)(Cc1cnn(-c2ccccc2)c1)C(=O)O. The maximum Gasteiger partial charge on any atom is 0.311 e. The summed E-state index contributed by atoms with van der Waals surface area (Å²) in [4.78, 5) is 11.7. The molecule has 0 aliphatic heterocycles. The third kappa shape index (κ3) is 2.97. The van der Waals surface area contributed by atoms with Crippen molar-refractivity contribution in [3.63, 3.8) is 0 Å². The van der Waals surface area contributed by atoms with Crippen LogP contribution in [0.4, 0.5) is 0 Å². The summed E-state index contributed by atoms with van der Waals surface area (Å²) < 4.78 is 1.75. The average Bonchev–Trinajstić information content (AvgIpc) is 2.93. The van der Waals surface area contributed by atoms with Gasteiger partial charge in [-0.05, 0) is 30.0 Å². The molecule has 0 radical (unpaired) electrons. The fourth-order valence-corrected chi connectivity index (χ4v) is 2.46. The van der Waals surface area contributed by atoms with Gasteiger partial charge in [0.05, 0.1) is 17.3 Å². The second kappa shape index (κ2) is 6.10. The Morgan fingerprint density at radius 3 is 2.57 bits per heavy atom. The summed E-state index contributed by atoms with van der Waals surface area (Å²) in [7, 11) is 0. The van der Waals surface area contributed by atoms with Crippen molar-refractivity contribution in [3.8, 4) is 5.69 Å². The van der Waals surface area contributed by atoms with Gasteiger partial charge >= 0.3 is 5.97 Å². The number of rotatable bonds is 6. The normalized spacial score (nSPS) is 14.1. The van der Waals surface area contributed by atoms with Crippen LogP contribution in [0.15, 0.2) is 42.7 Å². The van der Waals surface area contributed by atoms with Crippen LogP contribution in [0.2, 0.25) is 0 Å². The number of carbonyl (C=O) groups is 1. The molecule has 2 aromatic rings. The van der Waals surface area contributed by atoms with Crippen LogP contribution < -0.4 is 5.73 Å². The van der Waals surface area contributed by atoms with Crippen LogP contribution in [0.3, 0.4) is 0 Å². The number of carboxylic acids is 1. The molecule has 0 amide bonds. The molecule has 1 unspecified atom stereocenters. The molecule has 1 atom stereocenters. The molecule has 5 nitrogen and oxygen atoms in total. The van der Waals surface area contributed by atoms with Gasteiger partial charge in [0.15, 0.2) is 0 Å². The van der Waals surface area contributed by atoms with Gasteiger partial charge in [-0.15, -0.1) is 0 Å². The van der Waals surface area contributed by atoms with E-state index in [-0.39, 0.29) is 12.5 Å². The molecule has 0 aliphatic carbocycles. The predicted octanol–water partition coefficient (Wildman–Crippen LogP) is 2.10. The molecule has 0 aliphatic rings. The highest BCUT2D eigenvalue weighted by Crippen LogP contribution is 2.31. The van der Waals surface area contributed by atoms with Crippen molar-refractivity contribution in [1.29, 1.82) is 0 Å². The van der Waals surface area contributed by atoms with E-state index in [1.54, 1.807) is 10.9 Å². The minimum absolute atomic E-state index is 0.0555. The van der Waals surface area contributed by atoms with Crippen molar-refractivity contribution in [2.24, 2.45) is 17.1 Å². The van der Waals surface area contributed by atoms with E-state index in [2.05, 4.69) is 5.10 Å². The highest BCUT2D eigenvalue weighted by Gasteiger charge is 2.40. The summed E-state index contributed by atoms with van der Waals surface area (Å²) >= 11 is 0. The summed E-state index contributed by atoms with van der Waals surface area (Å²) in [5.74, 6) is -0.910. The number of carboxylic acid groups (broad SMARTS) is 1. The van der Waals surface area contributed by atoms with Crippen LogP contribution in [-0.2, 0) is 11.2 Å². The van der Waals surface area contributed by atoms with Gasteiger partial charge in [-0.25, -0.2) is 4.68 Å². The first-order valence-electron chi connectivity index (χ1n) is 7.02. The molecule has 5 heteroatoms. The first-order chi connectivity index (χ1) is 9.99. The monoisotopic (exact) mass is 287 g/mol. The van der Waals surface area contributed by atoms with Crippen molar-refractivity contribution in [3.05, 3.63) is 48.3 Å². The maximum absolute atomic E-state index is 11.7. The number of hydrogen-bond acceptors (Lipinski definition) is 3. The number of nitrogens with zero attached hydrogens (tertiary/aromatic N) is 2. The van der Waals surface area contributed by atoms with Crippen LogP contribution in [0.5, 0.6) is 0 Å². The minimum atomic E-state index is -0.954. The Morgan fingerprint density at radius 1 is 1.38 bits per heavy atom. The molecule has 0 saturated carbocycles. The Bertz CT molecular complexity index is 607. The number of para-hydroxylation sites is 1. The van der Waals surface area contributed by atoms with Gasteiger partial charge in [-0.3, -0.25) is 4.79 Å². The number of aromatic nitrogens is 2. The minimum Gasteiger partial charge on any atom is -0.481 e. The van der Waals surface area contributed by atoms with Crippen molar-refractivity contribution < 1.29 is 9.90 Å². The molecule has 1 aromatic carbocycles. The van der Waals surface area contributed by atoms with Gasteiger partial charge in [-0.1, -0.05) is 32.0 Å². The highest BCUT2D eigenvalue weighted by atomic mass is 16.4. The van der Waals surface area contributed by atoms with E-state index >= 15 is 0 Å². The van der Waals surface area contributed by atoms with Crippen LogP contribution in [0.1, 0.15) is 19.4 Å². The topological polar surface area (TPSA) is 81.1 Å². The van der Waals surface area contributed by atoms with Crippen molar-refractivity contribution in [1.82, 2.24) is 9.78 Å². The van der Waals surface area contributed by atoms with Crippen LogP contribution in [0.25, 0.3) is 5.69 Å². The first kappa shape index (κ1) is 15.3. The number of nitrogens with two attached hydrogens (primary N) is 1. The van der Waals surface area contributed by atoms with Gasteiger partial charge in [0.25, 0.3) is 0 Å². The highest BCUT2D eigenvalue weighted by molar-refractivity contribution is 5.75. The fraction of sp³-hybridized carbons (Fsp3) is 0.375. The Balaban J connectivity index is 2.27. The largest absolute Gasteiger partial charge is 0.481 e. The molecule has 21 heavy (non-hydrogen) atoms. The second-order valence-electron chi connectivity index (χ2n) is 5.63. The Morgan fingerprint density at radius 2 is 2.05 bits per heavy atom. The molecule has 0 saturated heterocycles. The number of hydrogen-bond donors (Lipinski definition) is 2. The molecule has 1 heterocycles. The van der Waals surface area contributed by atoms with E-state index in [4.69, 9.17) is 5.73 Å². The smallest absolute Gasteiger partial charge is 0.311 e. The Hall–Kier alpha value is -2.14. The summed E-state index contributed by atoms with van der Waals surface area (Å²) in [6.45, 7) is 3.89. The molecular formula is C16H21N3O2. The van der Waals surface area contributed by atoms with Gasteiger partial charge in [0.2, 0.25) is 0 Å².